The molecule has 2 aromatic rings. The third kappa shape index (κ3) is 4.73. The van der Waals surface area contributed by atoms with Gasteiger partial charge in [0.15, 0.2) is 0 Å². The Morgan fingerprint density at radius 1 is 1.03 bits per heavy atom. The summed E-state index contributed by atoms with van der Waals surface area (Å²) in [6, 6.07) is 15.7. The van der Waals surface area contributed by atoms with E-state index in [1.807, 2.05) is 36.4 Å². The van der Waals surface area contributed by atoms with E-state index in [2.05, 4.69) is 29.0 Å². The number of rotatable bonds is 6. The number of likely N-dealkylation sites (N-methyl/N-ethyl adjacent to an activating group) is 1. The summed E-state index contributed by atoms with van der Waals surface area (Å²) in [5.41, 5.74) is 2.82. The second-order valence-corrected chi connectivity index (χ2v) is 8.06. The van der Waals surface area contributed by atoms with Crippen LogP contribution < -0.4 is 9.47 Å². The molecule has 0 N–H and O–H groups in total. The molecule has 1 saturated heterocycles. The van der Waals surface area contributed by atoms with Crippen LogP contribution >= 0.6 is 0 Å². The van der Waals surface area contributed by atoms with E-state index in [-0.39, 0.29) is 11.9 Å². The summed E-state index contributed by atoms with van der Waals surface area (Å²) in [6.07, 6.45) is 0.640. The second kappa shape index (κ2) is 9.49. The van der Waals surface area contributed by atoms with Crippen molar-refractivity contribution in [3.05, 3.63) is 59.7 Å². The minimum Gasteiger partial charge on any atom is -0.497 e. The zero-order valence-electron chi connectivity index (χ0n) is 18.5. The Balaban J connectivity index is 1.61. The van der Waals surface area contributed by atoms with E-state index in [9.17, 15) is 4.79 Å². The van der Waals surface area contributed by atoms with Gasteiger partial charge in [-0.25, -0.2) is 5.01 Å². The SMILES string of the molecule is COc1ccc(C2=NN(C(=O)CN3CCN(C)CC3)[C@@H](c3ccccc3)C2)c(OC)c1. The average molecular weight is 423 g/mol. The van der Waals surface area contributed by atoms with Crippen LogP contribution in [0.3, 0.4) is 0 Å². The van der Waals surface area contributed by atoms with Gasteiger partial charge < -0.3 is 14.4 Å². The number of amides is 1. The molecule has 0 spiro atoms. The maximum absolute atomic E-state index is 13.3. The first-order valence-corrected chi connectivity index (χ1v) is 10.7. The lowest BCUT2D eigenvalue weighted by Crippen LogP contribution is -2.48. The van der Waals surface area contributed by atoms with Crippen molar-refractivity contribution in [3.63, 3.8) is 0 Å². The highest BCUT2D eigenvalue weighted by atomic mass is 16.5. The van der Waals surface area contributed by atoms with E-state index >= 15 is 0 Å². The summed E-state index contributed by atoms with van der Waals surface area (Å²) in [4.78, 5) is 17.8. The molecule has 4 rings (SSSR count). The van der Waals surface area contributed by atoms with Crippen LogP contribution in [0.25, 0.3) is 0 Å². The van der Waals surface area contributed by atoms with Gasteiger partial charge in [0, 0.05) is 44.2 Å². The first-order chi connectivity index (χ1) is 15.1. The van der Waals surface area contributed by atoms with Gasteiger partial charge in [-0.05, 0) is 24.7 Å². The fraction of sp³-hybridized carbons (Fsp3) is 0.417. The summed E-state index contributed by atoms with van der Waals surface area (Å²) in [5.74, 6) is 1.45. The van der Waals surface area contributed by atoms with Crippen LogP contribution in [-0.4, -0.2) is 80.4 Å². The van der Waals surface area contributed by atoms with Crippen molar-refractivity contribution in [2.75, 3.05) is 54.0 Å². The van der Waals surface area contributed by atoms with E-state index < -0.39 is 0 Å². The Hall–Kier alpha value is -2.90. The molecule has 1 atom stereocenters. The van der Waals surface area contributed by atoms with Crippen molar-refractivity contribution in [1.29, 1.82) is 0 Å². The summed E-state index contributed by atoms with van der Waals surface area (Å²) in [6.45, 7) is 4.14. The van der Waals surface area contributed by atoms with Gasteiger partial charge in [-0.1, -0.05) is 30.3 Å². The fourth-order valence-electron chi connectivity index (χ4n) is 4.14. The molecule has 164 valence electrons. The van der Waals surface area contributed by atoms with Crippen LogP contribution in [0.5, 0.6) is 11.5 Å². The maximum atomic E-state index is 13.3. The number of hydrogen-bond acceptors (Lipinski definition) is 6. The zero-order valence-corrected chi connectivity index (χ0v) is 18.5. The Morgan fingerprint density at radius 3 is 2.45 bits per heavy atom. The van der Waals surface area contributed by atoms with E-state index in [0.29, 0.717) is 18.7 Å². The topological polar surface area (TPSA) is 57.6 Å². The largest absolute Gasteiger partial charge is 0.497 e. The van der Waals surface area contributed by atoms with Crippen molar-refractivity contribution in [2.45, 2.75) is 12.5 Å². The lowest BCUT2D eigenvalue weighted by Gasteiger charge is -2.33. The Morgan fingerprint density at radius 2 is 1.77 bits per heavy atom. The molecule has 1 amide bonds. The van der Waals surface area contributed by atoms with E-state index in [0.717, 1.165) is 48.8 Å². The number of ether oxygens (including phenoxy) is 2. The summed E-state index contributed by atoms with van der Waals surface area (Å²) in [5, 5.41) is 6.48. The molecule has 2 aromatic carbocycles. The Labute approximate surface area is 183 Å². The molecular weight excluding hydrogens is 392 g/mol. The van der Waals surface area contributed by atoms with Crippen LogP contribution in [-0.2, 0) is 4.79 Å². The van der Waals surface area contributed by atoms with Crippen LogP contribution in [0.2, 0.25) is 0 Å². The van der Waals surface area contributed by atoms with Gasteiger partial charge in [-0.2, -0.15) is 5.10 Å². The molecule has 7 heteroatoms. The van der Waals surface area contributed by atoms with Crippen molar-refractivity contribution >= 4 is 11.6 Å². The first kappa shape index (κ1) is 21.3. The molecule has 0 unspecified atom stereocenters. The summed E-state index contributed by atoms with van der Waals surface area (Å²) in [7, 11) is 5.38. The normalized spacial score (nSPS) is 19.9. The molecule has 7 nitrogen and oxygen atoms in total. The molecule has 31 heavy (non-hydrogen) atoms. The number of hydrogen-bond donors (Lipinski definition) is 0. The predicted molar refractivity (Wildman–Crippen MR) is 121 cm³/mol. The maximum Gasteiger partial charge on any atom is 0.257 e. The van der Waals surface area contributed by atoms with Gasteiger partial charge in [0.1, 0.15) is 11.5 Å². The van der Waals surface area contributed by atoms with Crippen molar-refractivity contribution < 1.29 is 14.3 Å². The number of piperazine rings is 1. The highest BCUT2D eigenvalue weighted by Crippen LogP contribution is 2.36. The van der Waals surface area contributed by atoms with E-state index in [1.54, 1.807) is 19.2 Å². The second-order valence-electron chi connectivity index (χ2n) is 8.06. The molecular formula is C24H30N4O3. The van der Waals surface area contributed by atoms with Gasteiger partial charge in [0.25, 0.3) is 5.91 Å². The Kier molecular flexibility index (Phi) is 6.53. The van der Waals surface area contributed by atoms with Gasteiger partial charge in [0.2, 0.25) is 0 Å². The van der Waals surface area contributed by atoms with Crippen molar-refractivity contribution in [2.24, 2.45) is 5.10 Å². The number of hydrazone groups is 1. The quantitative estimate of drug-likeness (QED) is 0.716. The molecule has 2 heterocycles. The molecule has 0 radical (unpaired) electrons. The van der Waals surface area contributed by atoms with E-state index in [1.165, 1.54) is 0 Å². The summed E-state index contributed by atoms with van der Waals surface area (Å²) < 4.78 is 10.9. The highest BCUT2D eigenvalue weighted by molar-refractivity contribution is 6.05. The summed E-state index contributed by atoms with van der Waals surface area (Å²) >= 11 is 0. The number of carbonyl (C=O) groups excluding carboxylic acids is 1. The third-order valence-electron chi connectivity index (χ3n) is 6.02. The Bertz CT molecular complexity index is 939. The molecule has 0 aromatic heterocycles. The molecule has 2 aliphatic heterocycles. The van der Waals surface area contributed by atoms with Crippen LogP contribution in [0.15, 0.2) is 53.6 Å². The van der Waals surface area contributed by atoms with Crippen molar-refractivity contribution in [1.82, 2.24) is 14.8 Å². The standard InChI is InChI=1S/C24H30N4O3/c1-26-11-13-27(14-12-26)17-24(29)28-22(18-7-5-4-6-8-18)16-21(25-28)20-10-9-19(30-2)15-23(20)31-3/h4-10,15,22H,11-14,16-17H2,1-3H3/t22-/m1/s1. The van der Waals surface area contributed by atoms with Gasteiger partial charge in [0.05, 0.1) is 32.5 Å². The van der Waals surface area contributed by atoms with E-state index in [4.69, 9.17) is 14.6 Å². The van der Waals surface area contributed by atoms with Crippen LogP contribution in [0.4, 0.5) is 0 Å². The first-order valence-electron chi connectivity index (χ1n) is 10.7. The lowest BCUT2D eigenvalue weighted by atomic mass is 9.98. The number of benzene rings is 2. The van der Waals surface area contributed by atoms with Crippen LogP contribution in [0.1, 0.15) is 23.6 Å². The molecule has 0 saturated carbocycles. The molecule has 1 fully saturated rings. The molecule has 0 bridgehead atoms. The molecule has 2 aliphatic rings. The van der Waals surface area contributed by atoms with Crippen LogP contribution in [0, 0.1) is 0 Å². The zero-order chi connectivity index (χ0) is 21.8. The highest BCUT2D eigenvalue weighted by Gasteiger charge is 2.34. The molecule has 0 aliphatic carbocycles. The fourth-order valence-corrected chi connectivity index (χ4v) is 4.14. The van der Waals surface area contributed by atoms with Gasteiger partial charge >= 0.3 is 0 Å². The average Bonchev–Trinajstić information content (AvgIpc) is 3.26. The number of methoxy groups -OCH3 is 2. The van der Waals surface area contributed by atoms with Gasteiger partial charge in [-0.15, -0.1) is 0 Å². The van der Waals surface area contributed by atoms with Crippen molar-refractivity contribution in [3.8, 4) is 11.5 Å². The third-order valence-corrected chi connectivity index (χ3v) is 6.02. The lowest BCUT2D eigenvalue weighted by molar-refractivity contribution is -0.134. The minimum absolute atomic E-state index is 0.0286. The minimum atomic E-state index is -0.122. The smallest absolute Gasteiger partial charge is 0.257 e. The predicted octanol–water partition coefficient (Wildman–Crippen LogP) is 2.63. The number of nitrogens with zero attached hydrogens (tertiary/aromatic N) is 4. The monoisotopic (exact) mass is 422 g/mol. The van der Waals surface area contributed by atoms with Gasteiger partial charge in [-0.3, -0.25) is 9.69 Å². The number of carbonyl (C=O) groups is 1.